The van der Waals surface area contributed by atoms with Gasteiger partial charge in [0.2, 0.25) is 0 Å². The summed E-state index contributed by atoms with van der Waals surface area (Å²) in [6.07, 6.45) is 3.06. The molecule has 2 heterocycles. The lowest BCUT2D eigenvalue weighted by Gasteiger charge is -2.29. The van der Waals surface area contributed by atoms with E-state index in [1.807, 2.05) is 35.0 Å². The number of rotatable bonds is 5. The van der Waals surface area contributed by atoms with Gasteiger partial charge in [-0.1, -0.05) is 6.07 Å². The van der Waals surface area contributed by atoms with Crippen molar-refractivity contribution in [1.29, 1.82) is 0 Å². The van der Waals surface area contributed by atoms with Gasteiger partial charge in [-0.25, -0.2) is 4.79 Å². The van der Waals surface area contributed by atoms with Crippen LogP contribution in [-0.2, 0) is 0 Å². The highest BCUT2D eigenvalue weighted by atomic mass is 32.1. The van der Waals surface area contributed by atoms with Crippen molar-refractivity contribution in [2.45, 2.75) is 25.4 Å². The average Bonchev–Trinajstić information content (AvgIpc) is 3.15. The maximum Gasteiger partial charge on any atom is 0.319 e. The lowest BCUT2D eigenvalue weighted by molar-refractivity contribution is 0.175. The predicted molar refractivity (Wildman–Crippen MR) is 98.8 cm³/mol. The summed E-state index contributed by atoms with van der Waals surface area (Å²) in [5, 5.41) is 19.3. The van der Waals surface area contributed by atoms with Crippen LogP contribution in [0.4, 0.5) is 16.2 Å². The minimum atomic E-state index is -0.679. The smallest absolute Gasteiger partial charge is 0.319 e. The van der Waals surface area contributed by atoms with Gasteiger partial charge in [0.25, 0.3) is 0 Å². The topological polar surface area (TPSA) is 64.6 Å². The molecule has 0 aliphatic carbocycles. The number of nitrogens with zero attached hydrogens (tertiary/aromatic N) is 1. The lowest BCUT2D eigenvalue weighted by atomic mass is 10.1. The summed E-state index contributed by atoms with van der Waals surface area (Å²) in [7, 11) is 0. The zero-order valence-electron chi connectivity index (χ0n) is 13.6. The Morgan fingerprint density at radius 1 is 1.25 bits per heavy atom. The Morgan fingerprint density at radius 3 is 2.83 bits per heavy atom. The van der Waals surface area contributed by atoms with Crippen molar-refractivity contribution in [2.75, 3.05) is 29.9 Å². The van der Waals surface area contributed by atoms with E-state index >= 15 is 0 Å². The molecular formula is C18H23N3O2S. The molecule has 3 rings (SSSR count). The zero-order chi connectivity index (χ0) is 16.8. The summed E-state index contributed by atoms with van der Waals surface area (Å²) < 4.78 is 0. The summed E-state index contributed by atoms with van der Waals surface area (Å²) in [4.78, 5) is 14.4. The second kappa shape index (κ2) is 8.17. The van der Waals surface area contributed by atoms with Crippen LogP contribution in [0, 0.1) is 0 Å². The van der Waals surface area contributed by atoms with E-state index in [0.29, 0.717) is 0 Å². The van der Waals surface area contributed by atoms with E-state index in [2.05, 4.69) is 21.6 Å². The van der Waals surface area contributed by atoms with E-state index in [1.165, 1.54) is 30.6 Å². The number of anilines is 2. The molecular weight excluding hydrogens is 322 g/mol. The number of aliphatic hydroxyl groups excluding tert-OH is 1. The molecule has 24 heavy (non-hydrogen) atoms. The van der Waals surface area contributed by atoms with Gasteiger partial charge in [-0.2, -0.15) is 11.3 Å². The number of piperidine rings is 1. The summed E-state index contributed by atoms with van der Waals surface area (Å²) >= 11 is 1.53. The number of hydrogen-bond donors (Lipinski definition) is 3. The first-order chi connectivity index (χ1) is 11.7. The van der Waals surface area contributed by atoms with Crippen molar-refractivity contribution >= 4 is 28.7 Å². The van der Waals surface area contributed by atoms with Gasteiger partial charge >= 0.3 is 6.03 Å². The fraction of sp³-hybridized carbons (Fsp3) is 0.389. The molecule has 1 aliphatic heterocycles. The predicted octanol–water partition coefficient (Wildman–Crippen LogP) is 3.59. The maximum absolute atomic E-state index is 12.0. The standard InChI is InChI=1S/C18H23N3O2S/c22-17(14-7-10-24-13-14)12-19-18(23)20-15-5-4-6-16(11-15)21-8-2-1-3-9-21/h4-7,10-11,13,17,22H,1-3,8-9,12H2,(H2,19,20,23). The molecule has 3 N–H and O–H groups in total. The molecule has 0 radical (unpaired) electrons. The largest absolute Gasteiger partial charge is 0.387 e. The highest BCUT2D eigenvalue weighted by Crippen LogP contribution is 2.23. The third-order valence-electron chi connectivity index (χ3n) is 4.21. The molecule has 0 bridgehead atoms. The minimum Gasteiger partial charge on any atom is -0.387 e. The molecule has 2 aromatic rings. The number of nitrogens with one attached hydrogen (secondary N) is 2. The molecule has 2 amide bonds. The number of amides is 2. The van der Waals surface area contributed by atoms with Gasteiger partial charge in [-0.3, -0.25) is 0 Å². The van der Waals surface area contributed by atoms with Crippen molar-refractivity contribution in [2.24, 2.45) is 0 Å². The zero-order valence-corrected chi connectivity index (χ0v) is 14.4. The van der Waals surface area contributed by atoms with Crippen molar-refractivity contribution in [1.82, 2.24) is 5.32 Å². The van der Waals surface area contributed by atoms with Crippen LogP contribution in [0.5, 0.6) is 0 Å². The van der Waals surface area contributed by atoms with Crippen molar-refractivity contribution in [3.8, 4) is 0 Å². The molecule has 128 valence electrons. The molecule has 6 heteroatoms. The molecule has 1 aromatic heterocycles. The number of thiophene rings is 1. The highest BCUT2D eigenvalue weighted by molar-refractivity contribution is 7.07. The van der Waals surface area contributed by atoms with Gasteiger partial charge in [-0.15, -0.1) is 0 Å². The van der Waals surface area contributed by atoms with E-state index in [-0.39, 0.29) is 12.6 Å². The van der Waals surface area contributed by atoms with Crippen LogP contribution in [0.1, 0.15) is 30.9 Å². The second-order valence-electron chi connectivity index (χ2n) is 6.01. The van der Waals surface area contributed by atoms with Gasteiger partial charge < -0.3 is 20.6 Å². The number of carbonyl (C=O) groups is 1. The summed E-state index contributed by atoms with van der Waals surface area (Å²) in [5.41, 5.74) is 2.74. The van der Waals surface area contributed by atoms with Gasteiger partial charge in [0.05, 0.1) is 6.10 Å². The first kappa shape index (κ1) is 16.8. The van der Waals surface area contributed by atoms with Gasteiger partial charge in [0.15, 0.2) is 0 Å². The molecule has 5 nitrogen and oxygen atoms in total. The molecule has 1 fully saturated rings. The number of hydrogen-bond acceptors (Lipinski definition) is 4. The fourth-order valence-corrected chi connectivity index (χ4v) is 3.59. The number of benzene rings is 1. The molecule has 1 atom stereocenters. The first-order valence-corrected chi connectivity index (χ1v) is 9.27. The van der Waals surface area contributed by atoms with Crippen LogP contribution in [0.2, 0.25) is 0 Å². The van der Waals surface area contributed by atoms with Crippen molar-refractivity contribution < 1.29 is 9.90 Å². The molecule has 1 aromatic carbocycles. The summed E-state index contributed by atoms with van der Waals surface area (Å²) in [6, 6.07) is 9.47. The Labute approximate surface area is 146 Å². The maximum atomic E-state index is 12.0. The van der Waals surface area contributed by atoms with E-state index in [9.17, 15) is 9.90 Å². The number of urea groups is 1. The van der Waals surface area contributed by atoms with Crippen molar-refractivity contribution in [3.05, 3.63) is 46.7 Å². The molecule has 1 aliphatic rings. The Morgan fingerprint density at radius 2 is 2.08 bits per heavy atom. The quantitative estimate of drug-likeness (QED) is 0.776. The first-order valence-electron chi connectivity index (χ1n) is 8.32. The molecule has 0 saturated carbocycles. The third kappa shape index (κ3) is 4.49. The molecule has 1 saturated heterocycles. The Kier molecular flexibility index (Phi) is 5.72. The lowest BCUT2D eigenvalue weighted by Crippen LogP contribution is -2.32. The second-order valence-corrected chi connectivity index (χ2v) is 6.79. The Hall–Kier alpha value is -2.05. The van der Waals surface area contributed by atoms with Gasteiger partial charge in [0, 0.05) is 31.0 Å². The van der Waals surface area contributed by atoms with Crippen LogP contribution in [-0.4, -0.2) is 30.8 Å². The highest BCUT2D eigenvalue weighted by Gasteiger charge is 2.12. The SMILES string of the molecule is O=C(NCC(O)c1ccsc1)Nc1cccc(N2CCCCC2)c1. The molecule has 0 spiro atoms. The average molecular weight is 345 g/mol. The van der Waals surface area contributed by atoms with E-state index in [0.717, 1.165) is 30.0 Å². The van der Waals surface area contributed by atoms with E-state index in [1.54, 1.807) is 0 Å². The van der Waals surface area contributed by atoms with Crippen molar-refractivity contribution in [3.63, 3.8) is 0 Å². The minimum absolute atomic E-state index is 0.189. The van der Waals surface area contributed by atoms with Crippen LogP contribution in [0.15, 0.2) is 41.1 Å². The van der Waals surface area contributed by atoms with Crippen LogP contribution in [0.3, 0.4) is 0 Å². The summed E-state index contributed by atoms with van der Waals surface area (Å²) in [6.45, 7) is 2.33. The monoisotopic (exact) mass is 345 g/mol. The van der Waals surface area contributed by atoms with Gasteiger partial charge in [-0.05, 0) is 59.9 Å². The Balaban J connectivity index is 1.52. The van der Waals surface area contributed by atoms with E-state index in [4.69, 9.17) is 0 Å². The summed E-state index contributed by atoms with van der Waals surface area (Å²) in [5.74, 6) is 0. The van der Waals surface area contributed by atoms with Crippen LogP contribution < -0.4 is 15.5 Å². The number of aliphatic hydroxyl groups is 1. The Bertz CT molecular complexity index is 654. The fourth-order valence-electron chi connectivity index (χ4n) is 2.88. The van der Waals surface area contributed by atoms with Gasteiger partial charge in [0.1, 0.15) is 0 Å². The third-order valence-corrected chi connectivity index (χ3v) is 4.91. The van der Waals surface area contributed by atoms with Crippen LogP contribution >= 0.6 is 11.3 Å². The number of carbonyl (C=O) groups excluding carboxylic acids is 1. The van der Waals surface area contributed by atoms with E-state index < -0.39 is 6.10 Å². The molecule has 1 unspecified atom stereocenters. The normalized spacial score (nSPS) is 15.8. The van der Waals surface area contributed by atoms with Crippen LogP contribution in [0.25, 0.3) is 0 Å².